The fourth-order valence-electron chi connectivity index (χ4n) is 3.49. The maximum atomic E-state index is 12.5. The Morgan fingerprint density at radius 2 is 2.00 bits per heavy atom. The number of nitrogens with one attached hydrogen (secondary N) is 1. The van der Waals surface area contributed by atoms with Crippen LogP contribution in [-0.2, 0) is 11.2 Å². The van der Waals surface area contributed by atoms with E-state index in [1.165, 1.54) is 0 Å². The monoisotopic (exact) mass is 436 g/mol. The van der Waals surface area contributed by atoms with E-state index in [1.54, 1.807) is 23.5 Å². The number of rotatable bonds is 8. The number of carbonyl (C=O) groups excluding carboxylic acids is 1. The number of thiophene rings is 1. The van der Waals surface area contributed by atoms with Gasteiger partial charge in [0.25, 0.3) is 0 Å². The van der Waals surface area contributed by atoms with Crippen molar-refractivity contribution in [3.8, 4) is 16.8 Å². The highest BCUT2D eigenvalue weighted by atomic mass is 32.1. The lowest BCUT2D eigenvalue weighted by molar-refractivity contribution is -0.131. The Morgan fingerprint density at radius 3 is 2.71 bits per heavy atom. The molecule has 2 aromatic heterocycles. The van der Waals surface area contributed by atoms with Crippen LogP contribution in [0.3, 0.4) is 0 Å². The SMILES string of the molecule is N#Cc1ccc(NCC(=O)N2CCN(CCCc3nc(-c4cccs4)no3)CC2)cc1. The van der Waals surface area contributed by atoms with Crippen LogP contribution in [0.1, 0.15) is 17.9 Å². The Morgan fingerprint density at radius 1 is 1.19 bits per heavy atom. The maximum absolute atomic E-state index is 12.5. The quantitative estimate of drug-likeness (QED) is 0.580. The molecular formula is C22H24N6O2S. The van der Waals surface area contributed by atoms with Gasteiger partial charge in [-0.2, -0.15) is 10.2 Å². The Labute approximate surface area is 185 Å². The molecule has 3 aromatic rings. The smallest absolute Gasteiger partial charge is 0.241 e. The van der Waals surface area contributed by atoms with Crippen molar-refractivity contribution in [2.45, 2.75) is 12.8 Å². The first-order valence-electron chi connectivity index (χ1n) is 10.3. The number of hydrogen-bond acceptors (Lipinski definition) is 8. The average Bonchev–Trinajstić information content (AvgIpc) is 3.50. The number of hydrogen-bond donors (Lipinski definition) is 1. The van der Waals surface area contributed by atoms with Crippen LogP contribution >= 0.6 is 11.3 Å². The van der Waals surface area contributed by atoms with Gasteiger partial charge in [0.15, 0.2) is 0 Å². The van der Waals surface area contributed by atoms with Gasteiger partial charge < -0.3 is 14.7 Å². The summed E-state index contributed by atoms with van der Waals surface area (Å²) in [6.45, 7) is 4.41. The van der Waals surface area contributed by atoms with Crippen LogP contribution in [0.5, 0.6) is 0 Å². The molecule has 160 valence electrons. The predicted molar refractivity (Wildman–Crippen MR) is 119 cm³/mol. The number of piperazine rings is 1. The number of nitriles is 1. The van der Waals surface area contributed by atoms with Gasteiger partial charge in [0.1, 0.15) is 0 Å². The van der Waals surface area contributed by atoms with Crippen LogP contribution in [0, 0.1) is 11.3 Å². The minimum atomic E-state index is 0.0935. The lowest BCUT2D eigenvalue weighted by atomic mass is 10.2. The third-order valence-corrected chi connectivity index (χ3v) is 6.12. The Bertz CT molecular complexity index is 1020. The van der Waals surface area contributed by atoms with Crippen LogP contribution in [-0.4, -0.2) is 65.1 Å². The fraction of sp³-hybridized carbons (Fsp3) is 0.364. The number of benzene rings is 1. The average molecular weight is 437 g/mol. The highest BCUT2D eigenvalue weighted by Crippen LogP contribution is 2.21. The summed E-state index contributed by atoms with van der Waals surface area (Å²) < 4.78 is 5.35. The molecule has 0 atom stereocenters. The van der Waals surface area contributed by atoms with Crippen molar-refractivity contribution in [2.75, 3.05) is 44.6 Å². The minimum Gasteiger partial charge on any atom is -0.376 e. The number of aromatic nitrogens is 2. The molecule has 0 bridgehead atoms. The standard InChI is InChI=1S/C22H24N6O2S/c23-15-17-5-7-18(8-6-17)24-16-21(29)28-12-10-27(11-13-28)9-1-4-20-25-22(26-30-20)19-3-2-14-31-19/h2-3,5-8,14,24H,1,4,9-13,16H2. The highest BCUT2D eigenvalue weighted by Gasteiger charge is 2.20. The van der Waals surface area contributed by atoms with Gasteiger partial charge in [0.05, 0.1) is 23.1 Å². The minimum absolute atomic E-state index is 0.0935. The first-order chi connectivity index (χ1) is 15.2. The number of carbonyl (C=O) groups is 1. The number of aryl methyl sites for hydroxylation is 1. The summed E-state index contributed by atoms with van der Waals surface area (Å²) in [4.78, 5) is 22.2. The van der Waals surface area contributed by atoms with Crippen molar-refractivity contribution in [1.82, 2.24) is 19.9 Å². The molecule has 0 radical (unpaired) electrons. The van der Waals surface area contributed by atoms with Gasteiger partial charge in [0, 0.05) is 38.3 Å². The van der Waals surface area contributed by atoms with E-state index in [4.69, 9.17) is 9.78 Å². The van der Waals surface area contributed by atoms with Gasteiger partial charge in [-0.15, -0.1) is 11.3 Å². The van der Waals surface area contributed by atoms with Gasteiger partial charge in [-0.05, 0) is 48.7 Å². The lowest BCUT2D eigenvalue weighted by Crippen LogP contribution is -2.50. The lowest BCUT2D eigenvalue weighted by Gasteiger charge is -2.34. The van der Waals surface area contributed by atoms with Crippen molar-refractivity contribution in [1.29, 1.82) is 5.26 Å². The van der Waals surface area contributed by atoms with Crippen molar-refractivity contribution in [3.63, 3.8) is 0 Å². The van der Waals surface area contributed by atoms with Gasteiger partial charge >= 0.3 is 0 Å². The molecule has 31 heavy (non-hydrogen) atoms. The summed E-state index contributed by atoms with van der Waals surface area (Å²) in [5.41, 5.74) is 1.45. The highest BCUT2D eigenvalue weighted by molar-refractivity contribution is 7.13. The molecule has 3 heterocycles. The Hall–Kier alpha value is -3.22. The van der Waals surface area contributed by atoms with Crippen molar-refractivity contribution in [2.24, 2.45) is 0 Å². The second kappa shape index (κ2) is 10.2. The second-order valence-electron chi connectivity index (χ2n) is 7.36. The van der Waals surface area contributed by atoms with Crippen molar-refractivity contribution in [3.05, 3.63) is 53.2 Å². The third-order valence-electron chi connectivity index (χ3n) is 5.26. The number of anilines is 1. The van der Waals surface area contributed by atoms with E-state index in [1.807, 2.05) is 34.5 Å². The van der Waals surface area contributed by atoms with Gasteiger partial charge in [-0.3, -0.25) is 9.69 Å². The van der Waals surface area contributed by atoms with Crippen molar-refractivity contribution < 1.29 is 9.32 Å². The molecule has 1 aliphatic rings. The van der Waals surface area contributed by atoms with E-state index in [0.29, 0.717) is 17.3 Å². The maximum Gasteiger partial charge on any atom is 0.241 e. The predicted octanol–water partition coefficient (Wildman–Crippen LogP) is 2.86. The molecule has 9 heteroatoms. The van der Waals surface area contributed by atoms with E-state index in [2.05, 4.69) is 26.4 Å². The van der Waals surface area contributed by atoms with Crippen molar-refractivity contribution >= 4 is 22.9 Å². The topological polar surface area (TPSA) is 98.3 Å². The molecule has 1 aliphatic heterocycles. The van der Waals surface area contributed by atoms with Gasteiger partial charge in [-0.25, -0.2) is 0 Å². The van der Waals surface area contributed by atoms with E-state index in [9.17, 15) is 4.79 Å². The molecule has 0 saturated carbocycles. The molecule has 0 unspecified atom stereocenters. The molecule has 1 amide bonds. The van der Waals surface area contributed by atoms with Crippen LogP contribution in [0.25, 0.3) is 10.7 Å². The zero-order chi connectivity index (χ0) is 21.5. The molecule has 1 aromatic carbocycles. The van der Waals surface area contributed by atoms with E-state index in [-0.39, 0.29) is 12.5 Å². The van der Waals surface area contributed by atoms with E-state index in [0.717, 1.165) is 56.1 Å². The third kappa shape index (κ3) is 5.69. The van der Waals surface area contributed by atoms with Crippen LogP contribution in [0.15, 0.2) is 46.3 Å². The molecular weight excluding hydrogens is 412 g/mol. The summed E-state index contributed by atoms with van der Waals surface area (Å²) in [7, 11) is 0. The van der Waals surface area contributed by atoms with Crippen LogP contribution < -0.4 is 5.32 Å². The van der Waals surface area contributed by atoms with E-state index < -0.39 is 0 Å². The fourth-order valence-corrected chi connectivity index (χ4v) is 4.14. The summed E-state index contributed by atoms with van der Waals surface area (Å²) in [5, 5.41) is 18.0. The summed E-state index contributed by atoms with van der Waals surface area (Å²) in [5.74, 6) is 1.42. The molecule has 1 saturated heterocycles. The summed E-state index contributed by atoms with van der Waals surface area (Å²) in [6.07, 6.45) is 1.70. The van der Waals surface area contributed by atoms with Crippen LogP contribution in [0.4, 0.5) is 5.69 Å². The van der Waals surface area contributed by atoms with Gasteiger partial charge in [-0.1, -0.05) is 11.2 Å². The Kier molecular flexibility index (Phi) is 6.92. The largest absolute Gasteiger partial charge is 0.376 e. The molecule has 0 aliphatic carbocycles. The molecule has 1 fully saturated rings. The first-order valence-corrected chi connectivity index (χ1v) is 11.2. The summed E-state index contributed by atoms with van der Waals surface area (Å²) >= 11 is 1.60. The number of amides is 1. The number of nitrogens with zero attached hydrogens (tertiary/aromatic N) is 5. The first kappa shape index (κ1) is 21.0. The summed E-state index contributed by atoms with van der Waals surface area (Å²) in [6, 6.07) is 13.2. The molecule has 4 rings (SSSR count). The normalized spacial score (nSPS) is 14.4. The zero-order valence-electron chi connectivity index (χ0n) is 17.2. The molecule has 0 spiro atoms. The Balaban J connectivity index is 1.14. The molecule has 8 nitrogen and oxygen atoms in total. The van der Waals surface area contributed by atoms with Gasteiger partial charge in [0.2, 0.25) is 17.6 Å². The molecule has 1 N–H and O–H groups in total. The van der Waals surface area contributed by atoms with E-state index >= 15 is 0 Å². The zero-order valence-corrected chi connectivity index (χ0v) is 18.0. The van der Waals surface area contributed by atoms with Crippen LogP contribution in [0.2, 0.25) is 0 Å². The second-order valence-corrected chi connectivity index (χ2v) is 8.31.